The molecular weight excluding hydrogens is 306 g/mol. The number of nitrogens with zero attached hydrogens (tertiary/aromatic N) is 3. The predicted octanol–water partition coefficient (Wildman–Crippen LogP) is 2.63. The molecule has 0 atom stereocenters. The number of carboxylic acid groups (broad SMARTS) is 1. The van der Waals surface area contributed by atoms with Gasteiger partial charge >= 0.3 is 5.97 Å². The molecule has 2 aromatic rings. The number of aryl methyl sites for hydroxylation is 1. The fourth-order valence-electron chi connectivity index (χ4n) is 1.92. The Morgan fingerprint density at radius 2 is 2.00 bits per heavy atom. The van der Waals surface area contributed by atoms with Crippen molar-refractivity contribution in [1.29, 1.82) is 0 Å². The third-order valence-electron chi connectivity index (χ3n) is 3.20. The molecule has 0 saturated heterocycles. The second-order valence-corrected chi connectivity index (χ2v) is 4.94. The molecule has 0 unspecified atom stereocenters. The first-order valence-corrected chi connectivity index (χ1v) is 6.90. The quantitative estimate of drug-likeness (QED) is 0.843. The lowest BCUT2D eigenvalue weighted by molar-refractivity contribution is -0.137. The van der Waals surface area contributed by atoms with Crippen LogP contribution in [0.15, 0.2) is 28.8 Å². The third-order valence-corrected chi connectivity index (χ3v) is 3.20. The van der Waals surface area contributed by atoms with Gasteiger partial charge in [0.25, 0.3) is 0 Å². The van der Waals surface area contributed by atoms with Gasteiger partial charge in [0.15, 0.2) is 0 Å². The van der Waals surface area contributed by atoms with Crippen molar-refractivity contribution in [3.8, 4) is 11.4 Å². The normalized spacial score (nSPS) is 10.5. The van der Waals surface area contributed by atoms with Gasteiger partial charge in [0, 0.05) is 12.1 Å². The van der Waals surface area contributed by atoms with Crippen LogP contribution in [0.3, 0.4) is 0 Å². The zero-order valence-electron chi connectivity index (χ0n) is 12.7. The average molecular weight is 326 g/mol. The van der Waals surface area contributed by atoms with Crippen molar-refractivity contribution in [2.75, 3.05) is 13.6 Å². The van der Waals surface area contributed by atoms with Crippen molar-refractivity contribution < 1.29 is 14.4 Å². The minimum Gasteiger partial charge on any atom is -0.481 e. The van der Waals surface area contributed by atoms with Crippen molar-refractivity contribution >= 4 is 18.4 Å². The van der Waals surface area contributed by atoms with Crippen LogP contribution in [0.5, 0.6) is 0 Å². The Hall–Kier alpha value is -1.92. The Balaban J connectivity index is 0.00000242. The number of rotatable bonds is 7. The number of carboxylic acids is 1. The standard InChI is InChI=1S/C15H19N3O3.ClH/c1-3-11-4-6-12(7-5-11)15-16-13(21-17-15)10-18(2)9-8-14(19)20;/h4-7H,3,8-10H2,1-2H3,(H,19,20);1H. The lowest BCUT2D eigenvalue weighted by Crippen LogP contribution is -2.21. The summed E-state index contributed by atoms with van der Waals surface area (Å²) < 4.78 is 5.20. The number of halogens is 1. The molecule has 0 spiro atoms. The summed E-state index contributed by atoms with van der Waals surface area (Å²) in [5, 5.41) is 12.6. The molecule has 22 heavy (non-hydrogen) atoms. The number of aliphatic carboxylic acids is 1. The topological polar surface area (TPSA) is 79.5 Å². The van der Waals surface area contributed by atoms with Crippen LogP contribution in [0.2, 0.25) is 0 Å². The van der Waals surface area contributed by atoms with E-state index < -0.39 is 5.97 Å². The summed E-state index contributed by atoms with van der Waals surface area (Å²) in [5.74, 6) is 0.223. The molecule has 1 heterocycles. The van der Waals surface area contributed by atoms with E-state index in [-0.39, 0.29) is 18.8 Å². The molecule has 0 aliphatic carbocycles. The van der Waals surface area contributed by atoms with Gasteiger partial charge in [-0.2, -0.15) is 4.98 Å². The lowest BCUT2D eigenvalue weighted by atomic mass is 10.1. The molecule has 2 rings (SSSR count). The SMILES string of the molecule is CCc1ccc(-c2noc(CN(C)CCC(=O)O)n2)cc1.Cl. The van der Waals surface area contributed by atoms with Crippen molar-refractivity contribution in [1.82, 2.24) is 15.0 Å². The molecule has 6 nitrogen and oxygen atoms in total. The van der Waals surface area contributed by atoms with E-state index in [4.69, 9.17) is 9.63 Å². The van der Waals surface area contributed by atoms with Crippen LogP contribution in [0, 0.1) is 0 Å². The van der Waals surface area contributed by atoms with E-state index in [2.05, 4.69) is 17.1 Å². The summed E-state index contributed by atoms with van der Waals surface area (Å²) in [6.07, 6.45) is 1.09. The summed E-state index contributed by atoms with van der Waals surface area (Å²) in [6, 6.07) is 8.04. The predicted molar refractivity (Wildman–Crippen MR) is 84.9 cm³/mol. The second kappa shape index (κ2) is 8.51. The maximum Gasteiger partial charge on any atom is 0.304 e. The smallest absolute Gasteiger partial charge is 0.304 e. The van der Waals surface area contributed by atoms with E-state index in [1.165, 1.54) is 5.56 Å². The van der Waals surface area contributed by atoms with Crippen LogP contribution >= 0.6 is 12.4 Å². The average Bonchev–Trinajstić information content (AvgIpc) is 2.93. The van der Waals surface area contributed by atoms with E-state index in [1.807, 2.05) is 36.2 Å². The fourth-order valence-corrected chi connectivity index (χ4v) is 1.92. The largest absolute Gasteiger partial charge is 0.481 e. The molecule has 1 N–H and O–H groups in total. The van der Waals surface area contributed by atoms with Crippen molar-refractivity contribution in [3.63, 3.8) is 0 Å². The number of carbonyl (C=O) groups is 1. The monoisotopic (exact) mass is 325 g/mol. The molecular formula is C15H20ClN3O3. The van der Waals surface area contributed by atoms with E-state index in [1.54, 1.807) is 0 Å². The van der Waals surface area contributed by atoms with Gasteiger partial charge in [0.05, 0.1) is 13.0 Å². The minimum atomic E-state index is -0.816. The molecule has 0 fully saturated rings. The Bertz CT molecular complexity index is 598. The second-order valence-electron chi connectivity index (χ2n) is 4.94. The van der Waals surface area contributed by atoms with Gasteiger partial charge in [-0.05, 0) is 19.0 Å². The maximum atomic E-state index is 10.5. The van der Waals surface area contributed by atoms with Gasteiger partial charge in [-0.3, -0.25) is 9.69 Å². The highest BCUT2D eigenvalue weighted by Gasteiger charge is 2.11. The number of hydrogen-bond donors (Lipinski definition) is 1. The highest BCUT2D eigenvalue weighted by molar-refractivity contribution is 5.85. The van der Waals surface area contributed by atoms with Crippen LogP contribution in [0.25, 0.3) is 11.4 Å². The first-order chi connectivity index (χ1) is 10.1. The van der Waals surface area contributed by atoms with Gasteiger partial charge < -0.3 is 9.63 Å². The van der Waals surface area contributed by atoms with E-state index in [9.17, 15) is 4.79 Å². The van der Waals surface area contributed by atoms with Crippen LogP contribution in [-0.4, -0.2) is 39.7 Å². The molecule has 0 saturated carbocycles. The zero-order chi connectivity index (χ0) is 15.2. The van der Waals surface area contributed by atoms with Gasteiger partial charge in [-0.25, -0.2) is 0 Å². The van der Waals surface area contributed by atoms with Crippen LogP contribution in [-0.2, 0) is 17.8 Å². The number of benzene rings is 1. The van der Waals surface area contributed by atoms with E-state index in [0.29, 0.717) is 24.8 Å². The number of hydrogen-bond acceptors (Lipinski definition) is 5. The summed E-state index contributed by atoms with van der Waals surface area (Å²) in [6.45, 7) is 2.99. The molecule has 0 aliphatic rings. The highest BCUT2D eigenvalue weighted by atomic mass is 35.5. The van der Waals surface area contributed by atoms with Crippen LogP contribution in [0.4, 0.5) is 0 Å². The summed E-state index contributed by atoms with van der Waals surface area (Å²) in [4.78, 5) is 16.7. The Labute approximate surface area is 135 Å². The van der Waals surface area contributed by atoms with Gasteiger partial charge in [0.1, 0.15) is 0 Å². The summed E-state index contributed by atoms with van der Waals surface area (Å²) in [5.41, 5.74) is 2.17. The van der Waals surface area contributed by atoms with E-state index in [0.717, 1.165) is 12.0 Å². The molecule has 0 radical (unpaired) electrons. The molecule has 0 amide bonds. The first-order valence-electron chi connectivity index (χ1n) is 6.90. The summed E-state index contributed by atoms with van der Waals surface area (Å²) >= 11 is 0. The zero-order valence-corrected chi connectivity index (χ0v) is 13.5. The highest BCUT2D eigenvalue weighted by Crippen LogP contribution is 2.17. The molecule has 1 aromatic heterocycles. The van der Waals surface area contributed by atoms with Gasteiger partial charge in [0.2, 0.25) is 11.7 Å². The van der Waals surface area contributed by atoms with Gasteiger partial charge in [-0.1, -0.05) is 36.3 Å². The van der Waals surface area contributed by atoms with E-state index >= 15 is 0 Å². The fraction of sp³-hybridized carbons (Fsp3) is 0.400. The molecule has 0 aliphatic heterocycles. The Morgan fingerprint density at radius 1 is 1.32 bits per heavy atom. The Morgan fingerprint density at radius 3 is 2.59 bits per heavy atom. The van der Waals surface area contributed by atoms with Crippen molar-refractivity contribution in [2.24, 2.45) is 0 Å². The molecule has 120 valence electrons. The molecule has 0 bridgehead atoms. The molecule has 7 heteroatoms. The first kappa shape index (κ1) is 18.1. The lowest BCUT2D eigenvalue weighted by Gasteiger charge is -2.11. The molecule has 1 aromatic carbocycles. The minimum absolute atomic E-state index is 0. The van der Waals surface area contributed by atoms with Crippen LogP contribution in [0.1, 0.15) is 24.8 Å². The maximum absolute atomic E-state index is 10.5. The van der Waals surface area contributed by atoms with Gasteiger partial charge in [-0.15, -0.1) is 12.4 Å². The third kappa shape index (κ3) is 5.13. The summed E-state index contributed by atoms with van der Waals surface area (Å²) in [7, 11) is 1.82. The Kier molecular flexibility index (Phi) is 7.01. The van der Waals surface area contributed by atoms with Crippen molar-refractivity contribution in [2.45, 2.75) is 26.3 Å². The van der Waals surface area contributed by atoms with Crippen molar-refractivity contribution in [3.05, 3.63) is 35.7 Å². The van der Waals surface area contributed by atoms with Crippen LogP contribution < -0.4 is 0 Å². The number of aromatic nitrogens is 2.